The number of sulfonamides is 1. The standard InChI is InChI=1S/C11H19ClN4O2S/c1-13-7-9-3-5-16(6-4-9)19(17,18)11-10(12)8-14-15(11)2/h8-9,13H,3-7H2,1-2H3. The van der Waals surface area contributed by atoms with E-state index in [2.05, 4.69) is 10.4 Å². The zero-order chi connectivity index (χ0) is 14.0. The lowest BCUT2D eigenvalue weighted by Crippen LogP contribution is -2.41. The van der Waals surface area contributed by atoms with Gasteiger partial charge >= 0.3 is 0 Å². The Morgan fingerprint density at radius 1 is 1.47 bits per heavy atom. The maximum Gasteiger partial charge on any atom is 0.261 e. The van der Waals surface area contributed by atoms with Gasteiger partial charge in [-0.2, -0.15) is 9.40 Å². The molecule has 0 atom stereocenters. The molecule has 8 heteroatoms. The van der Waals surface area contributed by atoms with Crippen LogP contribution in [0.4, 0.5) is 0 Å². The molecular formula is C11H19ClN4O2S. The van der Waals surface area contributed by atoms with Gasteiger partial charge in [0.05, 0.1) is 11.2 Å². The molecule has 0 aromatic carbocycles. The third kappa shape index (κ3) is 2.94. The summed E-state index contributed by atoms with van der Waals surface area (Å²) in [5, 5.41) is 7.29. The minimum atomic E-state index is -3.54. The summed E-state index contributed by atoms with van der Waals surface area (Å²) in [7, 11) is -0.0320. The Hall–Kier alpha value is -0.630. The first-order chi connectivity index (χ1) is 8.96. The van der Waals surface area contributed by atoms with Crippen LogP contribution in [-0.4, -0.2) is 49.2 Å². The molecule has 0 radical (unpaired) electrons. The van der Waals surface area contributed by atoms with Crippen LogP contribution in [0.2, 0.25) is 5.02 Å². The van der Waals surface area contributed by atoms with Crippen LogP contribution in [0.25, 0.3) is 0 Å². The van der Waals surface area contributed by atoms with E-state index in [1.54, 1.807) is 7.05 Å². The van der Waals surface area contributed by atoms with E-state index in [1.807, 2.05) is 7.05 Å². The summed E-state index contributed by atoms with van der Waals surface area (Å²) >= 11 is 5.93. The maximum atomic E-state index is 12.5. The summed E-state index contributed by atoms with van der Waals surface area (Å²) in [5.41, 5.74) is 0. The van der Waals surface area contributed by atoms with Crippen molar-refractivity contribution in [1.29, 1.82) is 0 Å². The number of aromatic nitrogens is 2. The second-order valence-corrected chi connectivity index (χ2v) is 7.09. The van der Waals surface area contributed by atoms with Crippen molar-refractivity contribution >= 4 is 21.6 Å². The van der Waals surface area contributed by atoms with Crippen LogP contribution >= 0.6 is 11.6 Å². The predicted molar refractivity (Wildman–Crippen MR) is 73.6 cm³/mol. The molecule has 1 aliphatic rings. The zero-order valence-electron chi connectivity index (χ0n) is 11.1. The van der Waals surface area contributed by atoms with Crippen LogP contribution in [0.3, 0.4) is 0 Å². The van der Waals surface area contributed by atoms with E-state index in [4.69, 9.17) is 11.6 Å². The van der Waals surface area contributed by atoms with Crippen molar-refractivity contribution in [1.82, 2.24) is 19.4 Å². The SMILES string of the molecule is CNCC1CCN(S(=O)(=O)c2c(Cl)cnn2C)CC1. The maximum absolute atomic E-state index is 12.5. The van der Waals surface area contributed by atoms with Gasteiger partial charge in [-0.05, 0) is 32.4 Å². The summed E-state index contributed by atoms with van der Waals surface area (Å²) in [5.74, 6) is 0.540. The third-order valence-corrected chi connectivity index (χ3v) is 5.90. The largest absolute Gasteiger partial charge is 0.319 e. The lowest BCUT2D eigenvalue weighted by Gasteiger charge is -2.31. The summed E-state index contributed by atoms with van der Waals surface area (Å²) in [6.07, 6.45) is 3.10. The van der Waals surface area contributed by atoms with Crippen molar-refractivity contribution in [3.8, 4) is 0 Å². The molecule has 1 saturated heterocycles. The average Bonchev–Trinajstić information content (AvgIpc) is 2.70. The first-order valence-electron chi connectivity index (χ1n) is 6.29. The van der Waals surface area contributed by atoms with Gasteiger partial charge in [0.2, 0.25) is 0 Å². The van der Waals surface area contributed by atoms with E-state index < -0.39 is 10.0 Å². The molecule has 6 nitrogen and oxygen atoms in total. The van der Waals surface area contributed by atoms with Crippen molar-refractivity contribution in [2.75, 3.05) is 26.7 Å². The van der Waals surface area contributed by atoms with E-state index in [0.717, 1.165) is 19.4 Å². The molecule has 0 amide bonds. The lowest BCUT2D eigenvalue weighted by molar-refractivity contribution is 0.269. The van der Waals surface area contributed by atoms with Crippen LogP contribution in [0.5, 0.6) is 0 Å². The van der Waals surface area contributed by atoms with Crippen molar-refractivity contribution in [2.24, 2.45) is 13.0 Å². The number of hydrogen-bond acceptors (Lipinski definition) is 4. The van der Waals surface area contributed by atoms with Crippen LogP contribution in [0, 0.1) is 5.92 Å². The minimum absolute atomic E-state index is 0.0845. The van der Waals surface area contributed by atoms with Crippen LogP contribution in [0.1, 0.15) is 12.8 Å². The fourth-order valence-electron chi connectivity index (χ4n) is 2.45. The number of nitrogens with zero attached hydrogens (tertiary/aromatic N) is 3. The molecule has 2 rings (SSSR count). The zero-order valence-corrected chi connectivity index (χ0v) is 12.7. The van der Waals surface area contributed by atoms with Gasteiger partial charge in [-0.3, -0.25) is 4.68 Å². The topological polar surface area (TPSA) is 67.2 Å². The molecule has 0 unspecified atom stereocenters. The molecule has 1 aliphatic heterocycles. The Morgan fingerprint density at radius 2 is 2.11 bits per heavy atom. The fourth-order valence-corrected chi connectivity index (χ4v) is 4.53. The van der Waals surface area contributed by atoms with Gasteiger partial charge in [0.25, 0.3) is 10.0 Å². The van der Waals surface area contributed by atoms with Crippen molar-refractivity contribution in [3.63, 3.8) is 0 Å². The molecule has 0 bridgehead atoms. The second kappa shape index (κ2) is 5.78. The van der Waals surface area contributed by atoms with Gasteiger partial charge in [-0.25, -0.2) is 8.42 Å². The lowest BCUT2D eigenvalue weighted by atomic mass is 9.98. The molecule has 1 aromatic rings. The van der Waals surface area contributed by atoms with Gasteiger partial charge in [-0.15, -0.1) is 0 Å². The Morgan fingerprint density at radius 3 is 2.58 bits per heavy atom. The van der Waals surface area contributed by atoms with Crippen molar-refractivity contribution in [2.45, 2.75) is 17.9 Å². The number of aryl methyl sites for hydroxylation is 1. The highest BCUT2D eigenvalue weighted by Crippen LogP contribution is 2.27. The monoisotopic (exact) mass is 306 g/mol. The van der Waals surface area contributed by atoms with Crippen molar-refractivity contribution in [3.05, 3.63) is 11.2 Å². The van der Waals surface area contributed by atoms with E-state index in [-0.39, 0.29) is 10.0 Å². The molecule has 2 heterocycles. The molecule has 108 valence electrons. The van der Waals surface area contributed by atoms with Crippen molar-refractivity contribution < 1.29 is 8.42 Å². The number of halogens is 1. The Labute approximate surface area is 118 Å². The van der Waals surface area contributed by atoms with E-state index in [9.17, 15) is 8.42 Å². The Kier molecular flexibility index (Phi) is 4.50. The molecule has 1 N–H and O–H groups in total. The predicted octanol–water partition coefficient (Wildman–Crippen LogP) is 0.694. The Balaban J connectivity index is 2.15. The molecule has 0 spiro atoms. The first kappa shape index (κ1) is 14.8. The first-order valence-corrected chi connectivity index (χ1v) is 8.11. The van der Waals surface area contributed by atoms with Gasteiger partial charge < -0.3 is 5.32 Å². The average molecular weight is 307 g/mol. The third-order valence-electron chi connectivity index (χ3n) is 3.49. The van der Waals surface area contributed by atoms with E-state index in [0.29, 0.717) is 19.0 Å². The summed E-state index contributed by atoms with van der Waals surface area (Å²) < 4.78 is 27.9. The number of piperidine rings is 1. The Bertz CT molecular complexity index is 515. The van der Waals surface area contributed by atoms with Gasteiger partial charge in [0, 0.05) is 20.1 Å². The second-order valence-electron chi connectivity index (χ2n) is 4.83. The minimum Gasteiger partial charge on any atom is -0.319 e. The van der Waals surface area contributed by atoms with Crippen LogP contribution in [0.15, 0.2) is 11.2 Å². The molecule has 1 fully saturated rings. The number of rotatable bonds is 4. The van der Waals surface area contributed by atoms with Gasteiger partial charge in [0.15, 0.2) is 5.03 Å². The normalized spacial score (nSPS) is 18.9. The summed E-state index contributed by atoms with van der Waals surface area (Å²) in [6.45, 7) is 2.01. The summed E-state index contributed by atoms with van der Waals surface area (Å²) in [6, 6.07) is 0. The number of hydrogen-bond donors (Lipinski definition) is 1. The smallest absolute Gasteiger partial charge is 0.261 e. The highest BCUT2D eigenvalue weighted by molar-refractivity contribution is 7.89. The van der Waals surface area contributed by atoms with Crippen LogP contribution in [-0.2, 0) is 17.1 Å². The quantitative estimate of drug-likeness (QED) is 0.889. The summed E-state index contributed by atoms with van der Waals surface area (Å²) in [4.78, 5) is 0. The highest BCUT2D eigenvalue weighted by Gasteiger charge is 2.32. The molecule has 1 aromatic heterocycles. The molecule has 19 heavy (non-hydrogen) atoms. The fraction of sp³-hybridized carbons (Fsp3) is 0.727. The number of nitrogens with one attached hydrogen (secondary N) is 1. The van der Waals surface area contributed by atoms with Gasteiger partial charge in [-0.1, -0.05) is 11.6 Å². The molecule has 0 aliphatic carbocycles. The van der Waals surface area contributed by atoms with E-state index in [1.165, 1.54) is 15.2 Å². The highest BCUT2D eigenvalue weighted by atomic mass is 35.5. The molecule has 0 saturated carbocycles. The van der Waals surface area contributed by atoms with Crippen LogP contribution < -0.4 is 5.32 Å². The van der Waals surface area contributed by atoms with Gasteiger partial charge in [0.1, 0.15) is 0 Å². The van der Waals surface area contributed by atoms with E-state index >= 15 is 0 Å². The molecular weight excluding hydrogens is 288 g/mol.